The summed E-state index contributed by atoms with van der Waals surface area (Å²) < 4.78 is 14.7. The van der Waals surface area contributed by atoms with E-state index in [0.717, 1.165) is 0 Å². The van der Waals surface area contributed by atoms with Crippen molar-refractivity contribution in [2.45, 2.75) is 30.7 Å². The second-order valence-electron chi connectivity index (χ2n) is 5.02. The number of phenols is 1. The van der Waals surface area contributed by atoms with Crippen molar-refractivity contribution in [3.8, 4) is 11.5 Å². The number of carbonyl (C=O) groups is 1. The van der Waals surface area contributed by atoms with Gasteiger partial charge in [-0.1, -0.05) is 0 Å². The third kappa shape index (κ3) is 3.71. The Morgan fingerprint density at radius 2 is 1.87 bits per heavy atom. The molecule has 5 unspecified atom stereocenters. The lowest BCUT2D eigenvalue weighted by molar-refractivity contribution is -0.286. The molecule has 1 aliphatic rings. The molecule has 2 rings (SSSR count). The van der Waals surface area contributed by atoms with Crippen LogP contribution in [0.15, 0.2) is 18.2 Å². The van der Waals surface area contributed by atoms with Crippen molar-refractivity contribution >= 4 is 5.97 Å². The number of aromatic hydroxyl groups is 1. The van der Waals surface area contributed by atoms with Crippen molar-refractivity contribution < 1.29 is 44.5 Å². The fraction of sp³-hybridized carbons (Fsp3) is 0.500. The van der Waals surface area contributed by atoms with Crippen molar-refractivity contribution in [2.24, 2.45) is 0 Å². The Morgan fingerprint density at radius 1 is 1.17 bits per heavy atom. The van der Waals surface area contributed by atoms with Gasteiger partial charge in [-0.3, -0.25) is 0 Å². The number of carbonyl (C=O) groups excluding carboxylic acids is 1. The number of rotatable bonds is 4. The molecule has 23 heavy (non-hydrogen) atoms. The molecule has 1 aliphatic heterocycles. The summed E-state index contributed by atoms with van der Waals surface area (Å²) in [5.74, 6) is -0.841. The van der Waals surface area contributed by atoms with Crippen LogP contribution in [0.3, 0.4) is 0 Å². The first kappa shape index (κ1) is 17.4. The molecule has 5 N–H and O–H groups in total. The summed E-state index contributed by atoms with van der Waals surface area (Å²) in [6, 6.07) is 3.83. The van der Waals surface area contributed by atoms with Crippen molar-refractivity contribution in [2.75, 3.05) is 13.7 Å². The summed E-state index contributed by atoms with van der Waals surface area (Å²) in [7, 11) is 1.32. The average molecular weight is 330 g/mol. The van der Waals surface area contributed by atoms with E-state index in [-0.39, 0.29) is 17.1 Å². The number of hydrogen-bond donors (Lipinski definition) is 5. The molecule has 0 aromatic heterocycles. The minimum absolute atomic E-state index is 0.0855. The SMILES string of the molecule is COc1cc(C(=O)OCC2OC(O)C(O)C(O)C2O)ccc1O. The summed E-state index contributed by atoms with van der Waals surface area (Å²) in [5, 5.41) is 47.5. The molecule has 5 atom stereocenters. The number of esters is 1. The van der Waals surface area contributed by atoms with Crippen molar-refractivity contribution in [1.29, 1.82) is 0 Å². The highest BCUT2D eigenvalue weighted by Gasteiger charge is 2.43. The molecule has 128 valence electrons. The third-order valence-electron chi connectivity index (χ3n) is 3.48. The summed E-state index contributed by atoms with van der Waals surface area (Å²) in [4.78, 5) is 11.9. The highest BCUT2D eigenvalue weighted by molar-refractivity contribution is 5.90. The first-order valence-corrected chi connectivity index (χ1v) is 6.77. The van der Waals surface area contributed by atoms with Gasteiger partial charge in [-0.25, -0.2) is 4.79 Å². The molecule has 1 saturated heterocycles. The molecule has 9 heteroatoms. The Bertz CT molecular complexity index is 561. The largest absolute Gasteiger partial charge is 0.504 e. The maximum absolute atomic E-state index is 11.9. The second-order valence-corrected chi connectivity index (χ2v) is 5.02. The Balaban J connectivity index is 1.99. The molecule has 0 bridgehead atoms. The molecule has 0 radical (unpaired) electrons. The number of aliphatic hydroxyl groups is 4. The molecular formula is C14H18O9. The lowest BCUT2D eigenvalue weighted by atomic mass is 9.99. The van der Waals surface area contributed by atoms with E-state index in [1.54, 1.807) is 0 Å². The van der Waals surface area contributed by atoms with Crippen LogP contribution in [0.1, 0.15) is 10.4 Å². The highest BCUT2D eigenvalue weighted by atomic mass is 16.6. The van der Waals surface area contributed by atoms with E-state index >= 15 is 0 Å². The molecule has 1 aromatic carbocycles. The quantitative estimate of drug-likeness (QED) is 0.410. The zero-order chi connectivity index (χ0) is 17.1. The zero-order valence-electron chi connectivity index (χ0n) is 12.2. The number of hydrogen-bond acceptors (Lipinski definition) is 9. The van der Waals surface area contributed by atoms with Crippen LogP contribution in [0, 0.1) is 0 Å². The Hall–Kier alpha value is -1.91. The normalized spacial score (nSPS) is 30.7. The summed E-state index contributed by atoms with van der Waals surface area (Å²) >= 11 is 0. The summed E-state index contributed by atoms with van der Waals surface area (Å²) in [5.41, 5.74) is 0.0890. The molecule has 1 aromatic rings. The molecule has 0 saturated carbocycles. The van der Waals surface area contributed by atoms with Gasteiger partial charge in [0, 0.05) is 0 Å². The van der Waals surface area contributed by atoms with Crippen molar-refractivity contribution in [3.05, 3.63) is 23.8 Å². The van der Waals surface area contributed by atoms with Crippen LogP contribution in [0.2, 0.25) is 0 Å². The van der Waals surface area contributed by atoms with Crippen LogP contribution in [0.5, 0.6) is 11.5 Å². The highest BCUT2D eigenvalue weighted by Crippen LogP contribution is 2.27. The van der Waals surface area contributed by atoms with Gasteiger partial charge in [0.15, 0.2) is 17.8 Å². The van der Waals surface area contributed by atoms with E-state index in [9.17, 15) is 30.3 Å². The van der Waals surface area contributed by atoms with Gasteiger partial charge in [0.1, 0.15) is 31.0 Å². The van der Waals surface area contributed by atoms with Gasteiger partial charge in [0.2, 0.25) is 0 Å². The number of ether oxygens (including phenoxy) is 3. The Labute approximate surface area is 131 Å². The number of aliphatic hydroxyl groups excluding tert-OH is 4. The standard InChI is InChI=1S/C14H18O9/c1-21-8-4-6(2-3-7(8)15)13(19)22-5-9-10(16)11(17)12(18)14(20)23-9/h2-4,9-12,14-18,20H,5H2,1H3. The number of methoxy groups -OCH3 is 1. The molecule has 0 spiro atoms. The summed E-state index contributed by atoms with van der Waals surface area (Å²) in [6.07, 6.45) is -7.72. The van der Waals surface area contributed by atoms with Crippen molar-refractivity contribution in [3.63, 3.8) is 0 Å². The maximum atomic E-state index is 11.9. The van der Waals surface area contributed by atoms with Crippen LogP contribution in [0.4, 0.5) is 0 Å². The van der Waals surface area contributed by atoms with E-state index in [0.29, 0.717) is 0 Å². The monoisotopic (exact) mass is 330 g/mol. The van der Waals surface area contributed by atoms with Crippen LogP contribution in [-0.4, -0.2) is 75.9 Å². The fourth-order valence-electron chi connectivity index (χ4n) is 2.11. The molecule has 9 nitrogen and oxygen atoms in total. The van der Waals surface area contributed by atoms with Gasteiger partial charge in [-0.15, -0.1) is 0 Å². The molecule has 1 heterocycles. The van der Waals surface area contributed by atoms with Gasteiger partial charge in [-0.2, -0.15) is 0 Å². The van der Waals surface area contributed by atoms with E-state index < -0.39 is 43.3 Å². The first-order chi connectivity index (χ1) is 10.8. The minimum atomic E-state index is -1.70. The smallest absolute Gasteiger partial charge is 0.338 e. The van der Waals surface area contributed by atoms with Crippen LogP contribution < -0.4 is 4.74 Å². The first-order valence-electron chi connectivity index (χ1n) is 6.77. The van der Waals surface area contributed by atoms with Crippen LogP contribution >= 0.6 is 0 Å². The second kappa shape index (κ2) is 7.11. The maximum Gasteiger partial charge on any atom is 0.338 e. The minimum Gasteiger partial charge on any atom is -0.504 e. The number of benzene rings is 1. The van der Waals surface area contributed by atoms with Gasteiger partial charge in [0.25, 0.3) is 0 Å². The van der Waals surface area contributed by atoms with Gasteiger partial charge in [0.05, 0.1) is 12.7 Å². The van der Waals surface area contributed by atoms with E-state index in [4.69, 9.17) is 14.2 Å². The summed E-state index contributed by atoms with van der Waals surface area (Å²) in [6.45, 7) is -0.454. The zero-order valence-corrected chi connectivity index (χ0v) is 12.2. The molecule has 1 fully saturated rings. The molecule has 0 aliphatic carbocycles. The fourth-order valence-corrected chi connectivity index (χ4v) is 2.11. The van der Waals surface area contributed by atoms with E-state index in [1.807, 2.05) is 0 Å². The molecule has 0 amide bonds. The van der Waals surface area contributed by atoms with E-state index in [2.05, 4.69) is 0 Å². The van der Waals surface area contributed by atoms with Crippen LogP contribution in [-0.2, 0) is 9.47 Å². The Kier molecular flexibility index (Phi) is 5.39. The van der Waals surface area contributed by atoms with Gasteiger partial charge >= 0.3 is 5.97 Å². The number of phenolic OH excluding ortho intramolecular Hbond substituents is 1. The third-order valence-corrected chi connectivity index (χ3v) is 3.48. The van der Waals surface area contributed by atoms with Crippen molar-refractivity contribution in [1.82, 2.24) is 0 Å². The van der Waals surface area contributed by atoms with Gasteiger partial charge < -0.3 is 39.7 Å². The predicted molar refractivity (Wildman–Crippen MR) is 73.8 cm³/mol. The topological polar surface area (TPSA) is 146 Å². The predicted octanol–water partition coefficient (Wildman–Crippen LogP) is -1.64. The van der Waals surface area contributed by atoms with Crippen LogP contribution in [0.25, 0.3) is 0 Å². The average Bonchev–Trinajstić information content (AvgIpc) is 2.55. The van der Waals surface area contributed by atoms with Gasteiger partial charge in [-0.05, 0) is 18.2 Å². The lowest BCUT2D eigenvalue weighted by Gasteiger charge is -2.37. The molecular weight excluding hydrogens is 312 g/mol. The lowest BCUT2D eigenvalue weighted by Crippen LogP contribution is -2.58. The Morgan fingerprint density at radius 3 is 2.52 bits per heavy atom. The van der Waals surface area contributed by atoms with E-state index in [1.165, 1.54) is 25.3 Å².